The first kappa shape index (κ1) is 20.3. The van der Waals surface area contributed by atoms with E-state index in [9.17, 15) is 14.4 Å². The van der Waals surface area contributed by atoms with E-state index in [1.165, 1.54) is 11.9 Å². The van der Waals surface area contributed by atoms with Crippen LogP contribution < -0.4 is 10.2 Å². The summed E-state index contributed by atoms with van der Waals surface area (Å²) >= 11 is 0. The number of hydrogen-bond acceptors (Lipinski definition) is 6. The predicted octanol–water partition coefficient (Wildman–Crippen LogP) is 1.73. The van der Waals surface area contributed by atoms with Crippen LogP contribution in [0.4, 0.5) is 5.69 Å². The average Bonchev–Trinajstić information content (AvgIpc) is 3.13. The van der Waals surface area contributed by atoms with Crippen molar-refractivity contribution in [3.63, 3.8) is 0 Å². The number of carbonyl (C=O) groups is 3. The summed E-state index contributed by atoms with van der Waals surface area (Å²) in [6, 6.07) is 7.43. The molecule has 0 spiro atoms. The third-order valence-corrected chi connectivity index (χ3v) is 5.93. The molecule has 2 fully saturated rings. The van der Waals surface area contributed by atoms with E-state index in [0.29, 0.717) is 12.8 Å². The zero-order valence-corrected chi connectivity index (χ0v) is 17.2. The van der Waals surface area contributed by atoms with Crippen LogP contribution in [0.3, 0.4) is 0 Å². The van der Waals surface area contributed by atoms with E-state index in [2.05, 4.69) is 5.32 Å². The Labute approximate surface area is 166 Å². The van der Waals surface area contributed by atoms with Crippen LogP contribution >= 0.6 is 0 Å². The second-order valence-electron chi connectivity index (χ2n) is 7.79. The molecule has 1 N–H and O–H groups in total. The molecule has 0 saturated carbocycles. The highest BCUT2D eigenvalue weighted by Gasteiger charge is 2.67. The predicted molar refractivity (Wildman–Crippen MR) is 106 cm³/mol. The van der Waals surface area contributed by atoms with E-state index in [0.717, 1.165) is 11.3 Å². The Kier molecular flexibility index (Phi) is 5.48. The molecular weight excluding hydrogens is 358 g/mol. The number of ether oxygens (including phenoxy) is 1. The summed E-state index contributed by atoms with van der Waals surface area (Å²) in [6.07, 6.45) is 1.12. The molecule has 2 aliphatic heterocycles. The molecule has 1 aromatic rings. The van der Waals surface area contributed by atoms with Crippen LogP contribution in [0.5, 0.6) is 0 Å². The maximum Gasteiger partial charge on any atom is 0.327 e. The van der Waals surface area contributed by atoms with Crippen molar-refractivity contribution in [1.29, 1.82) is 0 Å². The van der Waals surface area contributed by atoms with Crippen molar-refractivity contribution < 1.29 is 19.1 Å². The minimum atomic E-state index is -1.18. The molecule has 7 heteroatoms. The Morgan fingerprint density at radius 3 is 2.36 bits per heavy atom. The fourth-order valence-corrected chi connectivity index (χ4v) is 4.59. The Balaban J connectivity index is 2.08. The number of likely N-dealkylation sites (tertiary alicyclic amines) is 1. The maximum atomic E-state index is 13.0. The van der Waals surface area contributed by atoms with Gasteiger partial charge in [0.2, 0.25) is 11.8 Å². The van der Waals surface area contributed by atoms with Crippen molar-refractivity contribution in [2.45, 2.75) is 38.3 Å². The Hall–Kier alpha value is -2.41. The molecule has 2 heterocycles. The van der Waals surface area contributed by atoms with Crippen molar-refractivity contribution in [3.8, 4) is 0 Å². The topological polar surface area (TPSA) is 79.0 Å². The van der Waals surface area contributed by atoms with Gasteiger partial charge in [-0.3, -0.25) is 24.6 Å². The number of imide groups is 1. The van der Waals surface area contributed by atoms with Crippen LogP contribution in [0.15, 0.2) is 24.3 Å². The second kappa shape index (κ2) is 7.54. The molecule has 2 saturated heterocycles. The fraction of sp³-hybridized carbons (Fsp3) is 0.571. The monoisotopic (exact) mass is 387 g/mol. The van der Waals surface area contributed by atoms with E-state index in [-0.39, 0.29) is 18.4 Å². The van der Waals surface area contributed by atoms with E-state index in [4.69, 9.17) is 4.74 Å². The number of carbonyl (C=O) groups excluding carboxylic acids is 3. The quantitative estimate of drug-likeness (QED) is 0.592. The van der Waals surface area contributed by atoms with Gasteiger partial charge in [-0.2, -0.15) is 0 Å². The summed E-state index contributed by atoms with van der Waals surface area (Å²) in [5, 5.41) is 3.38. The van der Waals surface area contributed by atoms with Crippen molar-refractivity contribution in [2.75, 3.05) is 32.6 Å². The molecule has 1 aromatic carbocycles. The molecule has 0 radical (unpaired) electrons. The number of benzene rings is 1. The molecule has 152 valence electrons. The van der Waals surface area contributed by atoms with Crippen molar-refractivity contribution in [3.05, 3.63) is 29.8 Å². The SMILES string of the molecule is CCC[C@@]1(C(=O)OCC)N[C@@H](c2ccc(N(C)C)cc2)[C@H]2C(=O)N(C)C(=O)[C@@H]21. The number of hydrogen-bond donors (Lipinski definition) is 1. The Morgan fingerprint density at radius 1 is 1.18 bits per heavy atom. The van der Waals surface area contributed by atoms with Gasteiger partial charge < -0.3 is 9.64 Å². The second-order valence-corrected chi connectivity index (χ2v) is 7.79. The molecule has 0 unspecified atom stereocenters. The zero-order valence-electron chi connectivity index (χ0n) is 17.2. The number of nitrogens with zero attached hydrogens (tertiary/aromatic N) is 2. The first-order chi connectivity index (χ1) is 13.3. The van der Waals surface area contributed by atoms with Crippen LogP contribution in [0, 0.1) is 11.8 Å². The highest BCUT2D eigenvalue weighted by atomic mass is 16.5. The smallest absolute Gasteiger partial charge is 0.327 e. The molecular formula is C21H29N3O4. The number of amides is 2. The van der Waals surface area contributed by atoms with Crippen LogP contribution in [-0.2, 0) is 19.1 Å². The van der Waals surface area contributed by atoms with Crippen LogP contribution in [0.1, 0.15) is 38.3 Å². The molecule has 3 rings (SSSR count). The van der Waals surface area contributed by atoms with Gasteiger partial charge in [-0.25, -0.2) is 0 Å². The average molecular weight is 387 g/mol. The van der Waals surface area contributed by atoms with E-state index in [1.807, 2.05) is 50.2 Å². The van der Waals surface area contributed by atoms with Crippen molar-refractivity contribution >= 4 is 23.5 Å². The molecule has 28 heavy (non-hydrogen) atoms. The van der Waals surface area contributed by atoms with E-state index in [1.54, 1.807) is 6.92 Å². The molecule has 0 aliphatic carbocycles. The third-order valence-electron chi connectivity index (χ3n) is 5.93. The van der Waals surface area contributed by atoms with Crippen molar-refractivity contribution in [2.24, 2.45) is 11.8 Å². The maximum absolute atomic E-state index is 13.0. The molecule has 7 nitrogen and oxygen atoms in total. The van der Waals surface area contributed by atoms with Gasteiger partial charge in [-0.15, -0.1) is 0 Å². The fourth-order valence-electron chi connectivity index (χ4n) is 4.59. The molecule has 0 bridgehead atoms. The summed E-state index contributed by atoms with van der Waals surface area (Å²) in [6.45, 7) is 3.93. The largest absolute Gasteiger partial charge is 0.465 e. The highest BCUT2D eigenvalue weighted by Crippen LogP contribution is 2.50. The first-order valence-corrected chi connectivity index (χ1v) is 9.82. The van der Waals surface area contributed by atoms with Gasteiger partial charge in [0.25, 0.3) is 0 Å². The van der Waals surface area contributed by atoms with Gasteiger partial charge in [0.05, 0.1) is 18.4 Å². The summed E-state index contributed by atoms with van der Waals surface area (Å²) < 4.78 is 5.35. The first-order valence-electron chi connectivity index (χ1n) is 9.82. The number of esters is 1. The summed E-state index contributed by atoms with van der Waals surface area (Å²) in [7, 11) is 5.41. The number of anilines is 1. The lowest BCUT2D eigenvalue weighted by Gasteiger charge is -2.32. The summed E-state index contributed by atoms with van der Waals surface area (Å²) in [4.78, 5) is 42.1. The van der Waals surface area contributed by atoms with E-state index >= 15 is 0 Å². The van der Waals surface area contributed by atoms with Gasteiger partial charge in [0.15, 0.2) is 0 Å². The molecule has 2 amide bonds. The van der Waals surface area contributed by atoms with Gasteiger partial charge in [0, 0.05) is 32.9 Å². The summed E-state index contributed by atoms with van der Waals surface area (Å²) in [5.74, 6) is -2.36. The van der Waals surface area contributed by atoms with Gasteiger partial charge in [-0.1, -0.05) is 25.5 Å². The van der Waals surface area contributed by atoms with Crippen molar-refractivity contribution in [1.82, 2.24) is 10.2 Å². The standard InChI is InChI=1S/C21H29N3O4/c1-6-12-21(20(27)28-7-2)16-15(18(25)24(5)19(16)26)17(22-21)13-8-10-14(11-9-13)23(3)4/h8-11,15-17,22H,6-7,12H2,1-5H3/t15-,16+,17-,21+/m0/s1. The lowest BCUT2D eigenvalue weighted by atomic mass is 9.77. The molecule has 0 aromatic heterocycles. The Morgan fingerprint density at radius 2 is 1.82 bits per heavy atom. The Bertz CT molecular complexity index is 776. The molecule has 2 aliphatic rings. The minimum Gasteiger partial charge on any atom is -0.465 e. The zero-order chi connectivity index (χ0) is 20.6. The van der Waals surface area contributed by atoms with Crippen LogP contribution in [0.25, 0.3) is 0 Å². The normalized spacial score (nSPS) is 29.2. The molecule has 4 atom stereocenters. The minimum absolute atomic E-state index is 0.226. The third kappa shape index (κ3) is 2.98. The van der Waals surface area contributed by atoms with Gasteiger partial charge >= 0.3 is 5.97 Å². The van der Waals surface area contributed by atoms with Gasteiger partial charge in [0.1, 0.15) is 5.54 Å². The van der Waals surface area contributed by atoms with Gasteiger partial charge in [-0.05, 0) is 31.0 Å². The van der Waals surface area contributed by atoms with Crippen LogP contribution in [-0.4, -0.2) is 56.0 Å². The lowest BCUT2D eigenvalue weighted by molar-refractivity contribution is -0.156. The highest BCUT2D eigenvalue weighted by molar-refractivity contribution is 6.09. The lowest BCUT2D eigenvalue weighted by Crippen LogP contribution is -2.56. The number of nitrogens with one attached hydrogen (secondary N) is 1. The number of fused-ring (bicyclic) bond motifs is 1. The van der Waals surface area contributed by atoms with Crippen LogP contribution in [0.2, 0.25) is 0 Å². The van der Waals surface area contributed by atoms with E-state index < -0.39 is 29.4 Å². The number of rotatable bonds is 6. The summed E-state index contributed by atoms with van der Waals surface area (Å²) in [5.41, 5.74) is 0.742.